The number of ether oxygens (including phenoxy) is 2. The van der Waals surface area contributed by atoms with Gasteiger partial charge in [0.2, 0.25) is 5.91 Å². The quantitative estimate of drug-likeness (QED) is 0.150. The number of nitrogens with two attached hydrogens (primary N) is 1. The average molecular weight is 668 g/mol. The Morgan fingerprint density at radius 1 is 0.958 bits per heavy atom. The van der Waals surface area contributed by atoms with E-state index in [0.717, 1.165) is 0 Å². The Bertz CT molecular complexity index is 1490. The number of aromatic hydroxyl groups is 1. The second-order valence-electron chi connectivity index (χ2n) is 13.3. The molecule has 0 aliphatic carbocycles. The number of phenols is 1. The van der Waals surface area contributed by atoms with Crippen LogP contribution in [0.2, 0.25) is 0 Å². The number of nitrogens with zero attached hydrogens (tertiary/aromatic N) is 2. The van der Waals surface area contributed by atoms with Gasteiger partial charge in [0.05, 0.1) is 18.2 Å². The highest BCUT2D eigenvalue weighted by Crippen LogP contribution is 2.34. The van der Waals surface area contributed by atoms with Crippen molar-refractivity contribution in [1.29, 1.82) is 0 Å². The van der Waals surface area contributed by atoms with E-state index >= 15 is 0 Å². The summed E-state index contributed by atoms with van der Waals surface area (Å²) < 4.78 is 16.4. The topological polar surface area (TPSA) is 189 Å². The lowest BCUT2D eigenvalue weighted by molar-refractivity contribution is -0.126. The van der Waals surface area contributed by atoms with Crippen LogP contribution in [-0.2, 0) is 20.9 Å². The van der Waals surface area contributed by atoms with E-state index in [0.29, 0.717) is 22.7 Å². The van der Waals surface area contributed by atoms with Crippen molar-refractivity contribution in [3.05, 3.63) is 83.6 Å². The van der Waals surface area contributed by atoms with Crippen LogP contribution in [0, 0.1) is 5.92 Å². The Morgan fingerprint density at radius 2 is 1.58 bits per heavy atom. The van der Waals surface area contributed by atoms with Gasteiger partial charge in [-0.2, -0.15) is 0 Å². The Morgan fingerprint density at radius 3 is 2.12 bits per heavy atom. The average Bonchev–Trinajstić information content (AvgIpc) is 3.50. The van der Waals surface area contributed by atoms with Gasteiger partial charge in [-0.15, -0.1) is 0 Å². The molecular formula is C35H49N5O8. The van der Waals surface area contributed by atoms with Crippen LogP contribution < -0.4 is 16.4 Å². The van der Waals surface area contributed by atoms with E-state index in [1.807, 2.05) is 13.8 Å². The van der Waals surface area contributed by atoms with Gasteiger partial charge in [-0.05, 0) is 56.9 Å². The zero-order valence-corrected chi connectivity index (χ0v) is 28.8. The summed E-state index contributed by atoms with van der Waals surface area (Å²) in [6.07, 6.45) is -2.75. The Labute approximate surface area is 281 Å². The van der Waals surface area contributed by atoms with Gasteiger partial charge in [0.25, 0.3) is 0 Å². The van der Waals surface area contributed by atoms with E-state index in [2.05, 4.69) is 15.6 Å². The Hall–Kier alpha value is -4.62. The number of hydrogen-bond acceptors (Lipinski definition) is 10. The maximum absolute atomic E-state index is 13.8. The van der Waals surface area contributed by atoms with Crippen molar-refractivity contribution in [3.63, 3.8) is 0 Å². The molecule has 1 aromatic heterocycles. The van der Waals surface area contributed by atoms with Crippen LogP contribution in [0.4, 0.5) is 9.59 Å². The fourth-order valence-corrected chi connectivity index (χ4v) is 4.89. The molecule has 5 atom stereocenters. The number of amides is 3. The normalized spacial score (nSPS) is 14.8. The zero-order valence-electron chi connectivity index (χ0n) is 28.8. The molecule has 0 bridgehead atoms. The SMILES string of the molecule is CC(C)c1nc(COC(=O)N[C@H](C(=O)N[C@@H](C)[C@H](O)C(c2ccccc2)N(C(=O)OC(C)(C)C)C(N)c2ccc(O)cc2)C(C)C)co1. The first kappa shape index (κ1) is 37.8. The molecule has 1 heterocycles. The fourth-order valence-electron chi connectivity index (χ4n) is 4.89. The minimum Gasteiger partial charge on any atom is -0.508 e. The number of nitrogens with one attached hydrogen (secondary N) is 2. The largest absolute Gasteiger partial charge is 0.508 e. The van der Waals surface area contributed by atoms with Crippen LogP contribution >= 0.6 is 0 Å². The molecule has 2 aromatic carbocycles. The number of alkyl carbamates (subject to hydrolysis) is 1. The molecule has 0 fully saturated rings. The number of phenolic OH excluding ortho intramolecular Hbond substituents is 1. The molecule has 6 N–H and O–H groups in total. The van der Waals surface area contributed by atoms with E-state index in [-0.39, 0.29) is 24.2 Å². The highest BCUT2D eigenvalue weighted by Gasteiger charge is 2.41. The second-order valence-corrected chi connectivity index (χ2v) is 13.3. The van der Waals surface area contributed by atoms with Crippen LogP contribution in [0.3, 0.4) is 0 Å². The van der Waals surface area contributed by atoms with Crippen molar-refractivity contribution in [2.75, 3.05) is 0 Å². The maximum Gasteiger partial charge on any atom is 0.412 e. The molecule has 13 heteroatoms. The van der Waals surface area contributed by atoms with Crippen molar-refractivity contribution in [2.45, 2.75) is 104 Å². The van der Waals surface area contributed by atoms with Crippen molar-refractivity contribution < 1.29 is 38.5 Å². The van der Waals surface area contributed by atoms with E-state index in [1.54, 1.807) is 84.0 Å². The van der Waals surface area contributed by atoms with Crippen LogP contribution in [0.5, 0.6) is 5.75 Å². The third-order valence-corrected chi connectivity index (χ3v) is 7.42. The van der Waals surface area contributed by atoms with Crippen molar-refractivity contribution in [2.24, 2.45) is 11.7 Å². The summed E-state index contributed by atoms with van der Waals surface area (Å²) >= 11 is 0. The summed E-state index contributed by atoms with van der Waals surface area (Å²) in [6, 6.07) is 11.7. The van der Waals surface area contributed by atoms with Gasteiger partial charge in [0.15, 0.2) is 5.89 Å². The molecule has 13 nitrogen and oxygen atoms in total. The zero-order chi connectivity index (χ0) is 35.8. The third kappa shape index (κ3) is 10.4. The predicted molar refractivity (Wildman–Crippen MR) is 178 cm³/mol. The number of carbonyl (C=O) groups is 3. The van der Waals surface area contributed by atoms with Crippen LogP contribution in [-0.4, -0.2) is 62.0 Å². The Kier molecular flexibility index (Phi) is 13.0. The molecular weight excluding hydrogens is 618 g/mol. The monoisotopic (exact) mass is 667 g/mol. The summed E-state index contributed by atoms with van der Waals surface area (Å²) in [6.45, 7) is 13.9. The molecule has 3 aromatic rings. The van der Waals surface area contributed by atoms with Gasteiger partial charge in [-0.25, -0.2) is 14.6 Å². The Balaban J connectivity index is 1.86. The van der Waals surface area contributed by atoms with Crippen molar-refractivity contribution in [3.8, 4) is 5.75 Å². The number of oxazole rings is 1. The van der Waals surface area contributed by atoms with Crippen molar-refractivity contribution in [1.82, 2.24) is 20.5 Å². The lowest BCUT2D eigenvalue weighted by atomic mass is 9.93. The number of aliphatic hydroxyl groups excluding tert-OH is 1. The van der Waals surface area contributed by atoms with E-state index in [4.69, 9.17) is 19.6 Å². The van der Waals surface area contributed by atoms with E-state index in [9.17, 15) is 24.6 Å². The fraction of sp³-hybridized carbons (Fsp3) is 0.486. The summed E-state index contributed by atoms with van der Waals surface area (Å²) in [4.78, 5) is 45.6. The number of rotatable bonds is 13. The van der Waals surface area contributed by atoms with Crippen LogP contribution in [0.15, 0.2) is 65.3 Å². The van der Waals surface area contributed by atoms with Gasteiger partial charge in [0.1, 0.15) is 42.1 Å². The number of hydrogen-bond donors (Lipinski definition) is 5. The van der Waals surface area contributed by atoms with E-state index in [1.165, 1.54) is 23.3 Å². The van der Waals surface area contributed by atoms with Gasteiger partial charge in [0, 0.05) is 5.92 Å². The second kappa shape index (κ2) is 16.5. The summed E-state index contributed by atoms with van der Waals surface area (Å²) in [7, 11) is 0. The smallest absolute Gasteiger partial charge is 0.412 e. The molecule has 0 aliphatic heterocycles. The number of benzene rings is 2. The lowest BCUT2D eigenvalue weighted by Crippen LogP contribution is -2.57. The highest BCUT2D eigenvalue weighted by atomic mass is 16.6. The van der Waals surface area contributed by atoms with Gasteiger partial charge in [-0.1, -0.05) is 70.2 Å². The summed E-state index contributed by atoms with van der Waals surface area (Å²) in [5, 5.41) is 27.1. The molecule has 3 amide bonds. The molecule has 0 saturated carbocycles. The van der Waals surface area contributed by atoms with Gasteiger partial charge < -0.3 is 40.5 Å². The molecule has 48 heavy (non-hydrogen) atoms. The standard InChI is InChI=1S/C35H49N5O8/c1-20(2)27(39-33(44)47-19-25-18-46-32(38-25)21(3)4)31(43)37-22(5)29(42)28(23-12-10-9-11-13-23)40(34(45)48-35(6,7)8)30(36)24-14-16-26(41)17-15-24/h9-18,20-22,27-30,41-42H,19,36H2,1-8H3,(H,37,43)(H,39,44)/t22-,27-,28?,29-,30?/m0/s1. The van der Waals surface area contributed by atoms with E-state index < -0.39 is 54.1 Å². The number of carbonyl (C=O) groups excluding carboxylic acids is 3. The van der Waals surface area contributed by atoms with Crippen LogP contribution in [0.1, 0.15) is 96.2 Å². The molecule has 262 valence electrons. The third-order valence-electron chi connectivity index (χ3n) is 7.42. The van der Waals surface area contributed by atoms with Gasteiger partial charge in [-0.3, -0.25) is 9.69 Å². The molecule has 0 aliphatic rings. The number of aromatic nitrogens is 1. The van der Waals surface area contributed by atoms with Crippen molar-refractivity contribution >= 4 is 18.1 Å². The molecule has 0 radical (unpaired) electrons. The molecule has 3 rings (SSSR count). The first-order chi connectivity index (χ1) is 22.5. The van der Waals surface area contributed by atoms with Crippen LogP contribution in [0.25, 0.3) is 0 Å². The van der Waals surface area contributed by atoms with Gasteiger partial charge >= 0.3 is 12.2 Å². The summed E-state index contributed by atoms with van der Waals surface area (Å²) in [5.41, 5.74) is 7.22. The lowest BCUT2D eigenvalue weighted by Gasteiger charge is -2.41. The molecule has 2 unspecified atom stereocenters. The minimum atomic E-state index is -1.41. The predicted octanol–water partition coefficient (Wildman–Crippen LogP) is 5.26. The summed E-state index contributed by atoms with van der Waals surface area (Å²) in [5.74, 6) is -0.325. The molecule has 0 saturated heterocycles. The number of aliphatic hydroxyl groups is 1. The molecule has 0 spiro atoms. The maximum atomic E-state index is 13.8. The first-order valence-electron chi connectivity index (χ1n) is 15.9. The highest BCUT2D eigenvalue weighted by molar-refractivity contribution is 5.86. The first-order valence-corrected chi connectivity index (χ1v) is 15.9. The minimum absolute atomic E-state index is 0.0151.